The van der Waals surface area contributed by atoms with E-state index in [4.69, 9.17) is 9.97 Å². The third kappa shape index (κ3) is 2.29. The fourth-order valence-electron chi connectivity index (χ4n) is 7.51. The topological polar surface area (TPSA) is 40.6 Å². The van der Waals surface area contributed by atoms with E-state index in [-0.39, 0.29) is 6.71 Å². The molecule has 10 rings (SSSR count). The van der Waals surface area contributed by atoms with Gasteiger partial charge < -0.3 is 4.57 Å². The Morgan fingerprint density at radius 3 is 1.62 bits per heavy atom. The number of rotatable bonds is 1. The van der Waals surface area contributed by atoms with Crippen molar-refractivity contribution in [1.82, 2.24) is 23.7 Å². The lowest BCUT2D eigenvalue weighted by molar-refractivity contribution is 1.05. The van der Waals surface area contributed by atoms with Gasteiger partial charge in [0.1, 0.15) is 12.7 Å². The molecule has 0 unspecified atom stereocenters. The number of hydrogen-bond acceptors (Lipinski definition) is 2. The summed E-state index contributed by atoms with van der Waals surface area (Å²) in [5.41, 5.74) is 16.9. The zero-order valence-electron chi connectivity index (χ0n) is 22.1. The van der Waals surface area contributed by atoms with Gasteiger partial charge in [0.25, 0.3) is 6.71 Å². The summed E-state index contributed by atoms with van der Waals surface area (Å²) < 4.78 is 7.05. The number of aryl methyl sites for hydroxylation is 2. The van der Waals surface area contributed by atoms with E-state index >= 15 is 0 Å². The smallest absolute Gasteiger partial charge is 0.252 e. The van der Waals surface area contributed by atoms with Crippen molar-refractivity contribution in [2.45, 2.75) is 13.8 Å². The van der Waals surface area contributed by atoms with Gasteiger partial charge in [0.2, 0.25) is 0 Å². The van der Waals surface area contributed by atoms with E-state index in [0.717, 1.165) is 16.7 Å². The van der Waals surface area contributed by atoms with Crippen LogP contribution in [-0.4, -0.2) is 30.4 Å². The zero-order valence-corrected chi connectivity index (χ0v) is 22.1. The lowest BCUT2D eigenvalue weighted by Gasteiger charge is -2.33. The van der Waals surface area contributed by atoms with Crippen LogP contribution in [0, 0.1) is 13.8 Å². The van der Waals surface area contributed by atoms with E-state index in [0.29, 0.717) is 0 Å². The molecule has 40 heavy (non-hydrogen) atoms. The number of benzene rings is 5. The molecule has 0 radical (unpaired) electrons. The van der Waals surface area contributed by atoms with Crippen LogP contribution in [0.3, 0.4) is 0 Å². The quantitative estimate of drug-likeness (QED) is 0.284. The molecule has 186 valence electrons. The van der Waals surface area contributed by atoms with Gasteiger partial charge in [-0.1, -0.05) is 60.7 Å². The highest BCUT2D eigenvalue weighted by atomic mass is 15.1. The normalized spacial score (nSPS) is 13.2. The van der Waals surface area contributed by atoms with Gasteiger partial charge in [0.05, 0.1) is 38.8 Å². The van der Waals surface area contributed by atoms with Crippen LogP contribution in [0.5, 0.6) is 0 Å². The lowest BCUT2D eigenvalue weighted by atomic mass is 9.34. The molecule has 0 N–H and O–H groups in total. The first kappa shape index (κ1) is 20.8. The van der Waals surface area contributed by atoms with Gasteiger partial charge in [-0.25, -0.2) is 9.97 Å². The molecule has 6 heteroatoms. The molecule has 5 aromatic carbocycles. The largest absolute Gasteiger partial charge is 0.309 e. The average molecular weight is 511 g/mol. The van der Waals surface area contributed by atoms with Crippen molar-refractivity contribution in [3.8, 4) is 17.1 Å². The minimum Gasteiger partial charge on any atom is -0.309 e. The van der Waals surface area contributed by atoms with Gasteiger partial charge in [-0.2, -0.15) is 0 Å². The number of para-hydroxylation sites is 2. The molecule has 3 aromatic heterocycles. The second kappa shape index (κ2) is 6.91. The third-order valence-electron chi connectivity index (χ3n) is 9.24. The molecule has 0 spiro atoms. The van der Waals surface area contributed by atoms with Gasteiger partial charge in [-0.05, 0) is 65.6 Å². The van der Waals surface area contributed by atoms with Crippen molar-refractivity contribution in [1.29, 1.82) is 0 Å². The highest BCUT2D eigenvalue weighted by molar-refractivity contribution is 7.00. The van der Waals surface area contributed by atoms with Crippen molar-refractivity contribution < 1.29 is 0 Å². The molecule has 0 saturated carbocycles. The molecule has 2 aliphatic heterocycles. The Morgan fingerprint density at radius 1 is 0.600 bits per heavy atom. The van der Waals surface area contributed by atoms with Crippen LogP contribution in [0.1, 0.15) is 11.1 Å². The fraction of sp³-hybridized carbons (Fsp3) is 0.0588. The summed E-state index contributed by atoms with van der Waals surface area (Å²) in [5.74, 6) is 0. The van der Waals surface area contributed by atoms with Crippen molar-refractivity contribution in [3.05, 3.63) is 109 Å². The molecule has 0 fully saturated rings. The molecule has 5 heterocycles. The molecular formula is C34H22BN5. The van der Waals surface area contributed by atoms with Crippen LogP contribution in [-0.2, 0) is 0 Å². The molecule has 0 bridgehead atoms. The van der Waals surface area contributed by atoms with E-state index in [2.05, 4.69) is 112 Å². The van der Waals surface area contributed by atoms with Gasteiger partial charge >= 0.3 is 0 Å². The van der Waals surface area contributed by atoms with Crippen molar-refractivity contribution in [3.63, 3.8) is 0 Å². The summed E-state index contributed by atoms with van der Waals surface area (Å²) in [6.45, 7) is 4.44. The molecular weight excluding hydrogens is 489 g/mol. The predicted octanol–water partition coefficient (Wildman–Crippen LogP) is 5.22. The van der Waals surface area contributed by atoms with E-state index in [1.807, 2.05) is 12.7 Å². The molecule has 8 aromatic rings. The summed E-state index contributed by atoms with van der Waals surface area (Å²) in [4.78, 5) is 9.87. The van der Waals surface area contributed by atoms with E-state index in [1.54, 1.807) is 0 Å². The maximum atomic E-state index is 4.94. The summed E-state index contributed by atoms with van der Waals surface area (Å²) in [6.07, 6.45) is 4.02. The van der Waals surface area contributed by atoms with Crippen LogP contribution < -0.4 is 16.4 Å². The molecule has 0 atom stereocenters. The first-order valence-electron chi connectivity index (χ1n) is 13.8. The van der Waals surface area contributed by atoms with Crippen LogP contribution in [0.4, 0.5) is 0 Å². The number of nitrogens with zero attached hydrogens (tertiary/aromatic N) is 5. The number of imidazole rings is 2. The highest BCUT2D eigenvalue weighted by Gasteiger charge is 2.40. The Morgan fingerprint density at radius 2 is 1.10 bits per heavy atom. The first-order valence-corrected chi connectivity index (χ1v) is 13.8. The number of aromatic nitrogens is 5. The molecule has 0 amide bonds. The van der Waals surface area contributed by atoms with Crippen LogP contribution >= 0.6 is 0 Å². The van der Waals surface area contributed by atoms with Crippen LogP contribution in [0.15, 0.2) is 97.6 Å². The lowest BCUT2D eigenvalue weighted by Crippen LogP contribution is -2.59. The van der Waals surface area contributed by atoms with Crippen LogP contribution in [0.2, 0.25) is 0 Å². The summed E-state index contributed by atoms with van der Waals surface area (Å²) in [7, 11) is 0. The predicted molar refractivity (Wildman–Crippen MR) is 164 cm³/mol. The molecule has 2 aliphatic rings. The average Bonchev–Trinajstić information content (AvgIpc) is 3.71. The molecule has 0 saturated heterocycles. The third-order valence-corrected chi connectivity index (χ3v) is 9.24. The Labute approximate surface area is 230 Å². The summed E-state index contributed by atoms with van der Waals surface area (Å²) in [5, 5.41) is 2.53. The molecule has 0 aliphatic carbocycles. The fourth-order valence-corrected chi connectivity index (χ4v) is 7.51. The van der Waals surface area contributed by atoms with Crippen molar-refractivity contribution in [2.75, 3.05) is 0 Å². The maximum absolute atomic E-state index is 4.94. The van der Waals surface area contributed by atoms with Crippen molar-refractivity contribution in [2.24, 2.45) is 0 Å². The highest BCUT2D eigenvalue weighted by Crippen LogP contribution is 2.36. The van der Waals surface area contributed by atoms with Gasteiger partial charge in [0.15, 0.2) is 0 Å². The Hall–Kier alpha value is -5.10. The van der Waals surface area contributed by atoms with Crippen LogP contribution in [0.25, 0.3) is 60.9 Å². The van der Waals surface area contributed by atoms with Gasteiger partial charge in [-0.15, -0.1) is 0 Å². The number of hydrogen-bond donors (Lipinski definition) is 0. The second-order valence-corrected chi connectivity index (χ2v) is 11.3. The minimum absolute atomic E-state index is 0.122. The van der Waals surface area contributed by atoms with E-state index in [9.17, 15) is 0 Å². The molecule has 5 nitrogen and oxygen atoms in total. The van der Waals surface area contributed by atoms with Gasteiger partial charge in [-0.3, -0.25) is 9.13 Å². The van der Waals surface area contributed by atoms with Crippen molar-refractivity contribution >= 4 is 67.0 Å². The summed E-state index contributed by atoms with van der Waals surface area (Å²) >= 11 is 0. The van der Waals surface area contributed by atoms with E-state index < -0.39 is 0 Å². The number of fused-ring (bicyclic) bond motifs is 7. The van der Waals surface area contributed by atoms with Gasteiger partial charge in [0, 0.05) is 22.1 Å². The Balaban J connectivity index is 1.42. The Kier molecular flexibility index (Phi) is 3.59. The maximum Gasteiger partial charge on any atom is 0.252 e. The monoisotopic (exact) mass is 511 g/mol. The Bertz CT molecular complexity index is 2260. The van der Waals surface area contributed by atoms with E-state index in [1.165, 1.54) is 71.7 Å². The summed E-state index contributed by atoms with van der Waals surface area (Å²) in [6, 6.07) is 31.2. The standard InChI is InChI=1S/C34H22BN5/c1-19-11-13-24-33-31(19)36-17-38(33)28-15-21(40-26-9-5-3-7-22(26)23-8-4-6-10-27(23)40)16-29-30(28)35(24)25-14-12-20(2)32-34(25)39(29)18-37-32/h3-18H,1-2H3. The second-order valence-electron chi connectivity index (χ2n) is 11.3. The first-order chi connectivity index (χ1) is 19.7. The SMILES string of the molecule is Cc1ccc2c3c1ncn3-c1cc(-n3c4ccccc4c4ccccc43)cc3c1B2c1ccc(C)c2ncn-3c12. The minimum atomic E-state index is 0.122. The zero-order chi connectivity index (χ0) is 26.3.